The first-order chi connectivity index (χ1) is 12.6. The molecule has 0 aliphatic heterocycles. The van der Waals surface area contributed by atoms with Crippen LogP contribution in [-0.2, 0) is 11.3 Å². The fourth-order valence-electron chi connectivity index (χ4n) is 7.35. The highest BCUT2D eigenvalue weighted by Gasteiger charge is 2.65. The van der Waals surface area contributed by atoms with E-state index in [1.807, 2.05) is 18.2 Å². The minimum atomic E-state index is -0.667. The highest BCUT2D eigenvalue weighted by atomic mass is 32.1. The van der Waals surface area contributed by atoms with Gasteiger partial charge in [-0.05, 0) is 61.5 Å². The quantitative estimate of drug-likeness (QED) is 0.852. The molecule has 5 nitrogen and oxygen atoms in total. The summed E-state index contributed by atoms with van der Waals surface area (Å²) in [5.41, 5.74) is -0.946. The van der Waals surface area contributed by atoms with Gasteiger partial charge in [-0.15, -0.1) is 0 Å². The third kappa shape index (κ3) is 2.76. The molecule has 1 aromatic heterocycles. The van der Waals surface area contributed by atoms with Crippen molar-refractivity contribution in [1.82, 2.24) is 9.27 Å². The number of hydrogen-bond acceptors (Lipinski definition) is 4. The zero-order chi connectivity index (χ0) is 19.1. The Morgan fingerprint density at radius 3 is 2.41 bits per heavy atom. The smallest absolute Gasteiger partial charge is 0.268 e. The van der Waals surface area contributed by atoms with Gasteiger partial charge in [-0.2, -0.15) is 0 Å². The van der Waals surface area contributed by atoms with Gasteiger partial charge in [-0.1, -0.05) is 37.5 Å². The van der Waals surface area contributed by atoms with E-state index in [1.165, 1.54) is 11.5 Å². The van der Waals surface area contributed by atoms with Crippen LogP contribution in [0, 0.1) is 10.8 Å². The van der Waals surface area contributed by atoms with Crippen molar-refractivity contribution in [2.75, 3.05) is 0 Å². The summed E-state index contributed by atoms with van der Waals surface area (Å²) >= 11 is 1.34. The largest absolute Gasteiger partial charge is 0.390 e. The van der Waals surface area contributed by atoms with Crippen LogP contribution >= 0.6 is 11.5 Å². The van der Waals surface area contributed by atoms with Crippen LogP contribution < -0.4 is 10.9 Å². The maximum atomic E-state index is 12.9. The minimum Gasteiger partial charge on any atom is -0.390 e. The predicted molar refractivity (Wildman–Crippen MR) is 106 cm³/mol. The number of fused-ring (bicyclic) bond motifs is 1. The van der Waals surface area contributed by atoms with Crippen molar-refractivity contribution >= 4 is 27.5 Å². The van der Waals surface area contributed by atoms with Crippen LogP contribution in [0.2, 0.25) is 0 Å². The molecule has 1 amide bonds. The standard InChI is InChI=1S/C21H26N2O3S/c1-18-8-19(2)10-20(9-18,13-21(26,11-18)12-19)22-16(24)7-23-17(25)14-5-3-4-6-15(14)27-23/h3-6,26H,7-13H2,1-2H3,(H,22,24)/t18-,19+,20?,21?. The van der Waals surface area contributed by atoms with E-state index in [-0.39, 0.29) is 34.4 Å². The molecule has 1 aromatic carbocycles. The summed E-state index contributed by atoms with van der Waals surface area (Å²) in [7, 11) is 0. The molecule has 0 spiro atoms. The lowest BCUT2D eigenvalue weighted by molar-refractivity contribution is -0.205. The third-order valence-electron chi connectivity index (χ3n) is 6.81. The molecule has 4 saturated carbocycles. The SMILES string of the molecule is C[C@]12CC3(O)CC(NC(=O)Cn4sc5ccccc5c4=O)(C1)C[C@@](C)(C3)C2. The predicted octanol–water partition coefficient (Wildman–Crippen LogP) is 3.04. The molecule has 2 N–H and O–H groups in total. The maximum absolute atomic E-state index is 12.9. The van der Waals surface area contributed by atoms with Crippen LogP contribution in [0.3, 0.4) is 0 Å². The Morgan fingerprint density at radius 1 is 1.11 bits per heavy atom. The number of nitrogens with zero attached hydrogens (tertiary/aromatic N) is 1. The molecule has 144 valence electrons. The molecule has 4 atom stereocenters. The Labute approximate surface area is 162 Å². The summed E-state index contributed by atoms with van der Waals surface area (Å²) < 4.78 is 2.44. The molecule has 6 heteroatoms. The highest BCUT2D eigenvalue weighted by Crippen LogP contribution is 2.67. The number of rotatable bonds is 3. The van der Waals surface area contributed by atoms with Crippen LogP contribution in [0.1, 0.15) is 52.4 Å². The number of carbonyl (C=O) groups is 1. The number of hydrogen-bond donors (Lipinski definition) is 2. The van der Waals surface area contributed by atoms with Gasteiger partial charge in [0.2, 0.25) is 5.91 Å². The Balaban J connectivity index is 1.41. The van der Waals surface area contributed by atoms with Crippen LogP contribution in [0.15, 0.2) is 29.1 Å². The minimum absolute atomic E-state index is 0.0474. The van der Waals surface area contributed by atoms with Crippen molar-refractivity contribution in [2.45, 2.75) is 70.1 Å². The van der Waals surface area contributed by atoms with E-state index in [4.69, 9.17) is 0 Å². The third-order valence-corrected chi connectivity index (χ3v) is 7.88. The second kappa shape index (κ2) is 5.23. The molecule has 27 heavy (non-hydrogen) atoms. The Bertz CT molecular complexity index is 953. The van der Waals surface area contributed by atoms with Gasteiger partial charge in [0, 0.05) is 5.54 Å². The van der Waals surface area contributed by atoms with Gasteiger partial charge in [-0.25, -0.2) is 0 Å². The van der Waals surface area contributed by atoms with Gasteiger partial charge < -0.3 is 10.4 Å². The first-order valence-corrected chi connectivity index (χ1v) is 10.5. The van der Waals surface area contributed by atoms with E-state index < -0.39 is 5.60 Å². The number of carbonyl (C=O) groups excluding carboxylic acids is 1. The van der Waals surface area contributed by atoms with Crippen molar-refractivity contribution in [3.05, 3.63) is 34.6 Å². The van der Waals surface area contributed by atoms with Crippen molar-refractivity contribution in [2.24, 2.45) is 10.8 Å². The summed E-state index contributed by atoms with van der Waals surface area (Å²) in [6.45, 7) is 4.56. The lowest BCUT2D eigenvalue weighted by Crippen LogP contribution is -2.70. The van der Waals surface area contributed by atoms with E-state index in [0.29, 0.717) is 11.8 Å². The number of amides is 1. The molecule has 0 saturated heterocycles. The molecule has 2 unspecified atom stereocenters. The van der Waals surface area contributed by atoms with Crippen molar-refractivity contribution in [1.29, 1.82) is 0 Å². The fraction of sp³-hybridized carbons (Fsp3) is 0.619. The summed E-state index contributed by atoms with van der Waals surface area (Å²) in [5, 5.41) is 15.1. The first-order valence-electron chi connectivity index (χ1n) is 9.73. The van der Waals surface area contributed by atoms with Gasteiger partial charge >= 0.3 is 0 Å². The van der Waals surface area contributed by atoms with E-state index >= 15 is 0 Å². The Hall–Kier alpha value is -1.66. The molecule has 4 bridgehead atoms. The van der Waals surface area contributed by atoms with Crippen LogP contribution in [0.25, 0.3) is 10.1 Å². The number of benzene rings is 1. The lowest BCUT2D eigenvalue weighted by Gasteiger charge is -2.68. The number of nitrogens with one attached hydrogen (secondary N) is 1. The summed E-state index contributed by atoms with van der Waals surface area (Å²) in [6, 6.07) is 7.46. The topological polar surface area (TPSA) is 71.3 Å². The van der Waals surface area contributed by atoms with Crippen molar-refractivity contribution in [3.8, 4) is 0 Å². The van der Waals surface area contributed by atoms with Crippen LogP contribution in [0.4, 0.5) is 0 Å². The van der Waals surface area contributed by atoms with E-state index in [2.05, 4.69) is 19.2 Å². The van der Waals surface area contributed by atoms with E-state index in [9.17, 15) is 14.7 Å². The van der Waals surface area contributed by atoms with Crippen molar-refractivity contribution < 1.29 is 9.90 Å². The average molecular weight is 387 g/mol. The van der Waals surface area contributed by atoms with Gasteiger partial charge in [-0.3, -0.25) is 13.5 Å². The normalized spacial score (nSPS) is 39.8. The molecule has 4 fully saturated rings. The molecule has 4 aliphatic carbocycles. The summed E-state index contributed by atoms with van der Waals surface area (Å²) in [4.78, 5) is 25.4. The summed E-state index contributed by atoms with van der Waals surface area (Å²) in [5.74, 6) is -0.124. The monoisotopic (exact) mass is 386 g/mol. The molecule has 1 heterocycles. The zero-order valence-corrected chi connectivity index (χ0v) is 16.7. The second-order valence-corrected chi connectivity index (χ2v) is 11.2. The fourth-order valence-corrected chi connectivity index (χ4v) is 8.35. The first kappa shape index (κ1) is 17.4. The van der Waals surface area contributed by atoms with E-state index in [0.717, 1.165) is 36.8 Å². The van der Waals surface area contributed by atoms with Crippen molar-refractivity contribution in [3.63, 3.8) is 0 Å². The molecule has 2 aromatic rings. The van der Waals surface area contributed by atoms with Crippen LogP contribution in [-0.4, -0.2) is 26.1 Å². The highest BCUT2D eigenvalue weighted by molar-refractivity contribution is 7.13. The van der Waals surface area contributed by atoms with Crippen LogP contribution in [0.5, 0.6) is 0 Å². The molecular weight excluding hydrogens is 360 g/mol. The van der Waals surface area contributed by atoms with Gasteiger partial charge in [0.05, 0.1) is 15.7 Å². The number of aliphatic hydroxyl groups is 1. The molecular formula is C21H26N2O3S. The summed E-state index contributed by atoms with van der Waals surface area (Å²) in [6.07, 6.45) is 5.27. The zero-order valence-electron chi connectivity index (χ0n) is 15.9. The molecule has 0 radical (unpaired) electrons. The lowest BCUT2D eigenvalue weighted by atomic mass is 9.41. The molecule has 4 aliphatic rings. The Morgan fingerprint density at radius 2 is 1.78 bits per heavy atom. The maximum Gasteiger partial charge on any atom is 0.268 e. The van der Waals surface area contributed by atoms with Gasteiger partial charge in [0.15, 0.2) is 0 Å². The second-order valence-electron chi connectivity index (χ2n) is 10.2. The number of aromatic nitrogens is 1. The molecule has 6 rings (SSSR count). The Kier molecular flexibility index (Phi) is 3.38. The van der Waals surface area contributed by atoms with Gasteiger partial charge in [0.25, 0.3) is 5.56 Å². The van der Waals surface area contributed by atoms with Gasteiger partial charge in [0.1, 0.15) is 6.54 Å². The average Bonchev–Trinajstić information content (AvgIpc) is 2.78. The van der Waals surface area contributed by atoms with E-state index in [1.54, 1.807) is 10.0 Å².